The molecule has 0 saturated heterocycles. The van der Waals surface area contributed by atoms with Crippen molar-refractivity contribution >= 4 is 27.7 Å². The number of thiazole rings is 1. The zero-order valence-corrected chi connectivity index (χ0v) is 9.72. The van der Waals surface area contributed by atoms with E-state index in [1.165, 1.54) is 0 Å². The van der Waals surface area contributed by atoms with Gasteiger partial charge in [0.25, 0.3) is 0 Å². The lowest BCUT2D eigenvalue weighted by Crippen LogP contribution is -2.09. The molecule has 80 valence electrons. The van der Waals surface area contributed by atoms with Gasteiger partial charge in [-0.05, 0) is 19.9 Å². The van der Waals surface area contributed by atoms with Crippen molar-refractivity contribution in [1.29, 1.82) is 0 Å². The monoisotopic (exact) mass is 224 g/mol. The predicted molar refractivity (Wildman–Crippen MR) is 59.3 cm³/mol. The summed E-state index contributed by atoms with van der Waals surface area (Å²) in [5.41, 5.74) is 1.41. The van der Waals surface area contributed by atoms with Gasteiger partial charge in [-0.2, -0.15) is 0 Å². The number of hydrogen-bond donors (Lipinski definition) is 0. The molecule has 0 fully saturated rings. The Morgan fingerprint density at radius 3 is 3.00 bits per heavy atom. The first-order valence-corrected chi connectivity index (χ1v) is 5.55. The zero-order valence-electron chi connectivity index (χ0n) is 8.90. The normalized spacial score (nSPS) is 10.9. The van der Waals surface area contributed by atoms with Crippen molar-refractivity contribution < 1.29 is 9.53 Å². The third-order valence-corrected chi connectivity index (χ3v) is 3.08. The molecule has 0 saturated carbocycles. The summed E-state index contributed by atoms with van der Waals surface area (Å²) in [6.45, 7) is 4.14. The van der Waals surface area contributed by atoms with Crippen LogP contribution in [0.1, 0.15) is 22.4 Å². The van der Waals surface area contributed by atoms with Crippen LogP contribution in [0.4, 0.5) is 0 Å². The van der Waals surface area contributed by atoms with Crippen molar-refractivity contribution in [2.45, 2.75) is 13.8 Å². The second-order valence-electron chi connectivity index (χ2n) is 3.23. The average Bonchev–Trinajstić information content (AvgIpc) is 2.66. The van der Waals surface area contributed by atoms with Gasteiger partial charge in [0, 0.05) is 7.05 Å². The molecule has 0 aromatic carbocycles. The minimum Gasteiger partial charge on any atom is -0.461 e. The summed E-state index contributed by atoms with van der Waals surface area (Å²) in [5, 5.41) is 1.01. The number of carbonyl (C=O) groups is 1. The van der Waals surface area contributed by atoms with Gasteiger partial charge in [0.05, 0.1) is 16.3 Å². The summed E-state index contributed by atoms with van der Waals surface area (Å²) < 4.78 is 7.76. The molecular weight excluding hydrogens is 212 g/mol. The smallest absolute Gasteiger partial charge is 0.355 e. The highest BCUT2D eigenvalue weighted by Crippen LogP contribution is 2.24. The van der Waals surface area contributed by atoms with Gasteiger partial charge in [0.15, 0.2) is 5.65 Å². The van der Waals surface area contributed by atoms with Gasteiger partial charge in [0.2, 0.25) is 0 Å². The van der Waals surface area contributed by atoms with Gasteiger partial charge in [-0.25, -0.2) is 9.78 Å². The minimum atomic E-state index is -0.289. The number of aromatic nitrogens is 2. The molecule has 2 rings (SSSR count). The van der Waals surface area contributed by atoms with Crippen LogP contribution in [0.25, 0.3) is 10.3 Å². The van der Waals surface area contributed by atoms with Crippen LogP contribution >= 0.6 is 11.3 Å². The molecule has 0 N–H and O–H groups in total. The highest BCUT2D eigenvalue weighted by molar-refractivity contribution is 7.18. The number of rotatable bonds is 2. The van der Waals surface area contributed by atoms with E-state index in [1.54, 1.807) is 22.8 Å². The van der Waals surface area contributed by atoms with Gasteiger partial charge in [-0.15, -0.1) is 11.3 Å². The standard InChI is InChI=1S/C10H12N2O2S/c1-4-14-10(13)7-5-8-9(12(7)3)11-6(2)15-8/h5H,4H2,1-3H3. The van der Waals surface area contributed by atoms with E-state index in [-0.39, 0.29) is 5.97 Å². The summed E-state index contributed by atoms with van der Waals surface area (Å²) in [6, 6.07) is 1.83. The molecular formula is C10H12N2O2S. The number of fused-ring (bicyclic) bond motifs is 1. The lowest BCUT2D eigenvalue weighted by Gasteiger charge is -2.02. The van der Waals surface area contributed by atoms with E-state index in [0.717, 1.165) is 15.4 Å². The summed E-state index contributed by atoms with van der Waals surface area (Å²) in [4.78, 5) is 15.9. The fourth-order valence-corrected chi connectivity index (χ4v) is 2.40. The van der Waals surface area contributed by atoms with Crippen LogP contribution in [0.15, 0.2) is 6.07 Å². The van der Waals surface area contributed by atoms with Crippen molar-refractivity contribution in [3.63, 3.8) is 0 Å². The third-order valence-electron chi connectivity index (χ3n) is 2.17. The van der Waals surface area contributed by atoms with Crippen LogP contribution in [0, 0.1) is 6.92 Å². The fraction of sp³-hybridized carbons (Fsp3) is 0.400. The molecule has 4 nitrogen and oxygen atoms in total. The Hall–Kier alpha value is -1.36. The molecule has 0 unspecified atom stereocenters. The molecule has 0 atom stereocenters. The Morgan fingerprint density at radius 1 is 1.67 bits per heavy atom. The highest BCUT2D eigenvalue weighted by Gasteiger charge is 2.16. The first-order chi connectivity index (χ1) is 7.13. The predicted octanol–water partition coefficient (Wildman–Crippen LogP) is 2.12. The number of aryl methyl sites for hydroxylation is 2. The van der Waals surface area contributed by atoms with Crippen LogP contribution < -0.4 is 0 Å². The largest absolute Gasteiger partial charge is 0.461 e. The molecule has 0 aliphatic heterocycles. The summed E-state index contributed by atoms with van der Waals surface area (Å²) in [7, 11) is 1.83. The van der Waals surface area contributed by atoms with Gasteiger partial charge >= 0.3 is 5.97 Å². The summed E-state index contributed by atoms with van der Waals surface area (Å²) in [5.74, 6) is -0.289. The minimum absolute atomic E-state index is 0.289. The maximum absolute atomic E-state index is 11.6. The highest BCUT2D eigenvalue weighted by atomic mass is 32.1. The Labute approximate surface area is 91.5 Å². The Morgan fingerprint density at radius 2 is 2.40 bits per heavy atom. The third kappa shape index (κ3) is 1.63. The molecule has 0 bridgehead atoms. The van der Waals surface area contributed by atoms with Crippen molar-refractivity contribution in [3.05, 3.63) is 16.8 Å². The average molecular weight is 224 g/mol. The topological polar surface area (TPSA) is 44.1 Å². The van der Waals surface area contributed by atoms with Crippen LogP contribution in [-0.4, -0.2) is 22.1 Å². The molecule has 2 heterocycles. The maximum Gasteiger partial charge on any atom is 0.355 e. The van der Waals surface area contributed by atoms with E-state index in [1.807, 2.05) is 20.0 Å². The Bertz CT molecular complexity index is 513. The van der Waals surface area contributed by atoms with Crippen LogP contribution in [0.5, 0.6) is 0 Å². The number of ether oxygens (including phenoxy) is 1. The molecule has 0 spiro atoms. The Kier molecular flexibility index (Phi) is 2.48. The lowest BCUT2D eigenvalue weighted by atomic mass is 10.4. The summed E-state index contributed by atoms with van der Waals surface area (Å²) in [6.07, 6.45) is 0. The number of nitrogens with zero attached hydrogens (tertiary/aromatic N) is 2. The molecule has 0 aliphatic carbocycles. The second kappa shape index (κ2) is 3.66. The van der Waals surface area contributed by atoms with Gasteiger partial charge in [-0.3, -0.25) is 0 Å². The number of esters is 1. The molecule has 15 heavy (non-hydrogen) atoms. The maximum atomic E-state index is 11.6. The van der Waals surface area contributed by atoms with E-state index in [4.69, 9.17) is 4.74 Å². The number of carbonyl (C=O) groups excluding carboxylic acids is 1. The van der Waals surface area contributed by atoms with Gasteiger partial charge in [0.1, 0.15) is 5.69 Å². The van der Waals surface area contributed by atoms with E-state index in [2.05, 4.69) is 4.98 Å². The van der Waals surface area contributed by atoms with Gasteiger partial charge < -0.3 is 9.30 Å². The van der Waals surface area contributed by atoms with E-state index < -0.39 is 0 Å². The lowest BCUT2D eigenvalue weighted by molar-refractivity contribution is 0.0516. The quantitative estimate of drug-likeness (QED) is 0.734. The van der Waals surface area contributed by atoms with E-state index >= 15 is 0 Å². The summed E-state index contributed by atoms with van der Waals surface area (Å²) >= 11 is 1.58. The zero-order chi connectivity index (χ0) is 11.0. The number of hydrogen-bond acceptors (Lipinski definition) is 4. The Balaban J connectivity index is 2.49. The first kappa shape index (κ1) is 10.2. The van der Waals surface area contributed by atoms with Crippen molar-refractivity contribution in [2.75, 3.05) is 6.61 Å². The molecule has 0 radical (unpaired) electrons. The van der Waals surface area contributed by atoms with E-state index in [0.29, 0.717) is 12.3 Å². The van der Waals surface area contributed by atoms with Crippen molar-refractivity contribution in [2.24, 2.45) is 7.05 Å². The van der Waals surface area contributed by atoms with Gasteiger partial charge in [-0.1, -0.05) is 0 Å². The molecule has 5 heteroatoms. The SMILES string of the molecule is CCOC(=O)c1cc2sc(C)nc2n1C. The van der Waals surface area contributed by atoms with Crippen LogP contribution in [0.3, 0.4) is 0 Å². The van der Waals surface area contributed by atoms with E-state index in [9.17, 15) is 4.79 Å². The van der Waals surface area contributed by atoms with Crippen molar-refractivity contribution in [1.82, 2.24) is 9.55 Å². The second-order valence-corrected chi connectivity index (χ2v) is 4.46. The fourth-order valence-electron chi connectivity index (χ4n) is 1.50. The molecule has 0 aliphatic rings. The molecule has 2 aromatic heterocycles. The van der Waals surface area contributed by atoms with Crippen LogP contribution in [0.2, 0.25) is 0 Å². The molecule has 2 aromatic rings. The van der Waals surface area contributed by atoms with Crippen LogP contribution in [-0.2, 0) is 11.8 Å². The first-order valence-electron chi connectivity index (χ1n) is 4.73. The van der Waals surface area contributed by atoms with Crippen molar-refractivity contribution in [3.8, 4) is 0 Å². The molecule has 0 amide bonds.